The number of aryl methyl sites for hydroxylation is 1. The second-order valence-corrected chi connectivity index (χ2v) is 5.62. The van der Waals surface area contributed by atoms with Crippen LogP contribution in [-0.2, 0) is 13.1 Å². The van der Waals surface area contributed by atoms with E-state index < -0.39 is 0 Å². The van der Waals surface area contributed by atoms with Gasteiger partial charge in [-0.05, 0) is 19.8 Å². The summed E-state index contributed by atoms with van der Waals surface area (Å²) in [6.45, 7) is 3.73. The molecular weight excluding hydrogens is 232 g/mol. The molecule has 0 amide bonds. The van der Waals surface area contributed by atoms with Crippen LogP contribution in [-0.4, -0.2) is 20.8 Å². The number of thiazole rings is 1. The van der Waals surface area contributed by atoms with E-state index in [1.807, 2.05) is 17.8 Å². The minimum atomic E-state index is 0.750. The molecule has 2 aromatic heterocycles. The van der Waals surface area contributed by atoms with Crippen LogP contribution in [0.2, 0.25) is 0 Å². The number of rotatable bonds is 5. The molecule has 1 aliphatic rings. The molecule has 1 fully saturated rings. The van der Waals surface area contributed by atoms with E-state index >= 15 is 0 Å². The van der Waals surface area contributed by atoms with E-state index in [9.17, 15) is 0 Å². The summed E-state index contributed by atoms with van der Waals surface area (Å²) in [5.41, 5.74) is 2.35. The van der Waals surface area contributed by atoms with Gasteiger partial charge in [0.25, 0.3) is 0 Å². The lowest BCUT2D eigenvalue weighted by Gasteiger charge is -1.98. The minimum absolute atomic E-state index is 0.750. The van der Waals surface area contributed by atoms with Crippen molar-refractivity contribution in [3.63, 3.8) is 0 Å². The Bertz CT molecular complexity index is 498. The molecule has 0 spiro atoms. The molecule has 4 nitrogen and oxygen atoms in total. The fraction of sp³-hybridized carbons (Fsp3) is 0.500. The van der Waals surface area contributed by atoms with Crippen LogP contribution in [0.15, 0.2) is 17.8 Å². The summed E-state index contributed by atoms with van der Waals surface area (Å²) in [6, 6.07) is 0.750. The van der Waals surface area contributed by atoms with Crippen LogP contribution in [0.1, 0.15) is 29.1 Å². The van der Waals surface area contributed by atoms with Crippen molar-refractivity contribution in [3.05, 3.63) is 34.0 Å². The van der Waals surface area contributed by atoms with E-state index in [-0.39, 0.29) is 0 Å². The lowest BCUT2D eigenvalue weighted by molar-refractivity contribution is 0.667. The molecule has 0 aromatic carbocycles. The largest absolute Gasteiger partial charge is 0.310 e. The zero-order valence-electron chi connectivity index (χ0n) is 9.89. The van der Waals surface area contributed by atoms with Crippen molar-refractivity contribution in [2.45, 2.75) is 38.9 Å². The molecule has 0 saturated heterocycles. The van der Waals surface area contributed by atoms with E-state index in [4.69, 9.17) is 0 Å². The third-order valence-electron chi connectivity index (χ3n) is 2.85. The SMILES string of the molecule is Cc1nc(Cn2cc(CNC3CC3)cn2)cs1. The van der Waals surface area contributed by atoms with E-state index in [1.165, 1.54) is 18.4 Å². The van der Waals surface area contributed by atoms with Gasteiger partial charge in [0, 0.05) is 29.7 Å². The molecule has 1 aliphatic carbocycles. The first-order valence-corrected chi connectivity index (χ1v) is 6.83. The normalized spacial score (nSPS) is 15.4. The summed E-state index contributed by atoms with van der Waals surface area (Å²) in [4.78, 5) is 4.44. The van der Waals surface area contributed by atoms with Crippen molar-refractivity contribution in [3.8, 4) is 0 Å². The van der Waals surface area contributed by atoms with Crippen molar-refractivity contribution < 1.29 is 0 Å². The zero-order valence-corrected chi connectivity index (χ0v) is 10.7. The van der Waals surface area contributed by atoms with Gasteiger partial charge in [0.2, 0.25) is 0 Å². The highest BCUT2D eigenvalue weighted by molar-refractivity contribution is 7.09. The molecule has 1 saturated carbocycles. The number of hydrogen-bond acceptors (Lipinski definition) is 4. The van der Waals surface area contributed by atoms with Crippen LogP contribution in [0.4, 0.5) is 0 Å². The van der Waals surface area contributed by atoms with E-state index in [0.717, 1.165) is 29.8 Å². The van der Waals surface area contributed by atoms with Crippen LogP contribution in [0.3, 0.4) is 0 Å². The highest BCUT2D eigenvalue weighted by atomic mass is 32.1. The van der Waals surface area contributed by atoms with Gasteiger partial charge in [0.05, 0.1) is 23.4 Å². The van der Waals surface area contributed by atoms with Crippen LogP contribution in [0.5, 0.6) is 0 Å². The molecule has 1 N–H and O–H groups in total. The highest BCUT2D eigenvalue weighted by Gasteiger charge is 2.20. The standard InChI is InChI=1S/C12H16N4S/c1-9-15-12(8-17-9)7-16-6-10(5-14-16)4-13-11-2-3-11/h5-6,8,11,13H,2-4,7H2,1H3. The van der Waals surface area contributed by atoms with E-state index in [1.54, 1.807) is 11.3 Å². The fourth-order valence-electron chi connectivity index (χ4n) is 1.78. The Balaban J connectivity index is 1.59. The summed E-state index contributed by atoms with van der Waals surface area (Å²) in [7, 11) is 0. The van der Waals surface area contributed by atoms with Gasteiger partial charge < -0.3 is 5.32 Å². The Kier molecular flexibility index (Phi) is 2.94. The Hall–Kier alpha value is -1.20. The minimum Gasteiger partial charge on any atom is -0.310 e. The topological polar surface area (TPSA) is 42.7 Å². The first-order valence-electron chi connectivity index (χ1n) is 5.95. The molecule has 0 aliphatic heterocycles. The molecule has 3 rings (SSSR count). The summed E-state index contributed by atoms with van der Waals surface area (Å²) in [5.74, 6) is 0. The van der Waals surface area contributed by atoms with E-state index in [0.29, 0.717) is 0 Å². The third kappa shape index (κ3) is 2.92. The Labute approximate surface area is 105 Å². The molecule has 5 heteroatoms. The first-order chi connectivity index (χ1) is 8.29. The maximum absolute atomic E-state index is 4.44. The Morgan fingerprint density at radius 3 is 3.12 bits per heavy atom. The second-order valence-electron chi connectivity index (χ2n) is 4.56. The van der Waals surface area contributed by atoms with Crippen LogP contribution < -0.4 is 5.32 Å². The second kappa shape index (κ2) is 4.58. The third-order valence-corrected chi connectivity index (χ3v) is 3.67. The number of aromatic nitrogens is 3. The van der Waals surface area contributed by atoms with E-state index in [2.05, 4.69) is 27.0 Å². The van der Waals surface area contributed by atoms with Gasteiger partial charge in [-0.3, -0.25) is 4.68 Å². The summed E-state index contributed by atoms with van der Waals surface area (Å²) in [5, 5.41) is 11.1. The lowest BCUT2D eigenvalue weighted by atomic mass is 10.3. The van der Waals surface area contributed by atoms with Crippen molar-refractivity contribution in [1.82, 2.24) is 20.1 Å². The van der Waals surface area contributed by atoms with Crippen molar-refractivity contribution in [1.29, 1.82) is 0 Å². The average molecular weight is 248 g/mol. The fourth-order valence-corrected chi connectivity index (χ4v) is 2.38. The predicted molar refractivity (Wildman–Crippen MR) is 68.0 cm³/mol. The molecule has 90 valence electrons. The van der Waals surface area contributed by atoms with Crippen molar-refractivity contribution in [2.75, 3.05) is 0 Å². The molecule has 0 atom stereocenters. The molecule has 0 bridgehead atoms. The van der Waals surface area contributed by atoms with Gasteiger partial charge in [-0.1, -0.05) is 0 Å². The smallest absolute Gasteiger partial charge is 0.0898 e. The van der Waals surface area contributed by atoms with Gasteiger partial charge in [0.15, 0.2) is 0 Å². The monoisotopic (exact) mass is 248 g/mol. The molecule has 2 heterocycles. The molecule has 2 aromatic rings. The predicted octanol–water partition coefficient (Wildman–Crippen LogP) is 1.95. The quantitative estimate of drug-likeness (QED) is 0.879. The Morgan fingerprint density at radius 2 is 2.41 bits per heavy atom. The van der Waals surface area contributed by atoms with Crippen LogP contribution in [0, 0.1) is 6.92 Å². The van der Waals surface area contributed by atoms with Crippen LogP contribution in [0.25, 0.3) is 0 Å². The zero-order chi connectivity index (χ0) is 11.7. The van der Waals surface area contributed by atoms with Crippen molar-refractivity contribution >= 4 is 11.3 Å². The summed E-state index contributed by atoms with van der Waals surface area (Å²) < 4.78 is 1.96. The molecular formula is C12H16N4S. The van der Waals surface area contributed by atoms with Crippen LogP contribution >= 0.6 is 11.3 Å². The van der Waals surface area contributed by atoms with Gasteiger partial charge in [-0.25, -0.2) is 4.98 Å². The maximum atomic E-state index is 4.44. The molecule has 0 unspecified atom stereocenters. The van der Waals surface area contributed by atoms with Gasteiger partial charge in [0.1, 0.15) is 0 Å². The number of nitrogens with one attached hydrogen (secondary N) is 1. The maximum Gasteiger partial charge on any atom is 0.0898 e. The highest BCUT2D eigenvalue weighted by Crippen LogP contribution is 2.19. The summed E-state index contributed by atoms with van der Waals surface area (Å²) in [6.07, 6.45) is 6.69. The first kappa shape index (κ1) is 10.9. The van der Waals surface area contributed by atoms with Gasteiger partial charge >= 0.3 is 0 Å². The lowest BCUT2D eigenvalue weighted by Crippen LogP contribution is -2.14. The molecule has 0 radical (unpaired) electrons. The summed E-state index contributed by atoms with van der Waals surface area (Å²) >= 11 is 1.69. The average Bonchev–Trinajstić information content (AvgIpc) is 2.90. The Morgan fingerprint density at radius 1 is 1.53 bits per heavy atom. The van der Waals surface area contributed by atoms with Gasteiger partial charge in [-0.2, -0.15) is 5.10 Å². The number of nitrogens with zero attached hydrogens (tertiary/aromatic N) is 3. The van der Waals surface area contributed by atoms with Crippen molar-refractivity contribution in [2.24, 2.45) is 0 Å². The van der Waals surface area contributed by atoms with Gasteiger partial charge in [-0.15, -0.1) is 11.3 Å². The number of hydrogen-bond donors (Lipinski definition) is 1. The molecule has 17 heavy (non-hydrogen) atoms.